The van der Waals surface area contributed by atoms with E-state index in [-0.39, 0.29) is 5.78 Å². The lowest BCUT2D eigenvalue weighted by atomic mass is 9.68. The van der Waals surface area contributed by atoms with Gasteiger partial charge in [0.05, 0.1) is 5.41 Å². The van der Waals surface area contributed by atoms with Crippen molar-refractivity contribution in [3.05, 3.63) is 65.5 Å². The number of carbonyl (C=O) groups excluding carboxylic acids is 1. The summed E-state index contributed by atoms with van der Waals surface area (Å²) in [4.78, 5) is 16.9. The SMILES string of the molecule is C[C@]1(c2cccnc2)CCc2ccccc2C1=O. The van der Waals surface area contributed by atoms with Crippen molar-refractivity contribution < 1.29 is 4.79 Å². The molecular formula is C16H15NO. The van der Waals surface area contributed by atoms with Gasteiger partial charge in [0.1, 0.15) is 0 Å². The zero-order valence-corrected chi connectivity index (χ0v) is 10.4. The Morgan fingerprint density at radius 2 is 2.00 bits per heavy atom. The number of carbonyl (C=O) groups is 1. The Morgan fingerprint density at radius 1 is 1.17 bits per heavy atom. The maximum Gasteiger partial charge on any atom is 0.173 e. The van der Waals surface area contributed by atoms with Crippen molar-refractivity contribution in [2.24, 2.45) is 0 Å². The summed E-state index contributed by atoms with van der Waals surface area (Å²) >= 11 is 0. The number of Topliss-reactive ketones (excluding diaryl/α,β-unsaturated/α-hetero) is 1. The fraction of sp³-hybridized carbons (Fsp3) is 0.250. The summed E-state index contributed by atoms with van der Waals surface area (Å²) in [6, 6.07) is 11.8. The average Bonchev–Trinajstić information content (AvgIpc) is 2.44. The summed E-state index contributed by atoms with van der Waals surface area (Å²) in [7, 11) is 0. The molecular weight excluding hydrogens is 222 g/mol. The minimum absolute atomic E-state index is 0.220. The van der Waals surface area contributed by atoms with E-state index in [0.717, 1.165) is 24.0 Å². The van der Waals surface area contributed by atoms with Crippen molar-refractivity contribution in [1.82, 2.24) is 4.98 Å². The highest BCUT2D eigenvalue weighted by molar-refractivity contribution is 6.05. The van der Waals surface area contributed by atoms with Crippen molar-refractivity contribution >= 4 is 5.78 Å². The van der Waals surface area contributed by atoms with Gasteiger partial charge in [-0.3, -0.25) is 9.78 Å². The van der Waals surface area contributed by atoms with Crippen molar-refractivity contribution in [3.8, 4) is 0 Å². The van der Waals surface area contributed by atoms with Gasteiger partial charge < -0.3 is 0 Å². The van der Waals surface area contributed by atoms with E-state index < -0.39 is 5.41 Å². The van der Waals surface area contributed by atoms with Crippen LogP contribution in [-0.4, -0.2) is 10.8 Å². The number of rotatable bonds is 1. The van der Waals surface area contributed by atoms with Gasteiger partial charge in [-0.05, 0) is 37.0 Å². The van der Waals surface area contributed by atoms with Gasteiger partial charge in [0, 0.05) is 18.0 Å². The van der Waals surface area contributed by atoms with E-state index in [4.69, 9.17) is 0 Å². The normalized spacial score (nSPS) is 22.6. The van der Waals surface area contributed by atoms with E-state index in [1.54, 1.807) is 6.20 Å². The number of nitrogens with zero attached hydrogens (tertiary/aromatic N) is 1. The Labute approximate surface area is 107 Å². The third-order valence-corrected chi connectivity index (χ3v) is 3.96. The molecule has 1 aliphatic rings. The van der Waals surface area contributed by atoms with E-state index in [2.05, 4.69) is 11.1 Å². The Bertz CT molecular complexity index is 591. The highest BCUT2D eigenvalue weighted by Crippen LogP contribution is 2.37. The first kappa shape index (κ1) is 11.1. The van der Waals surface area contributed by atoms with Gasteiger partial charge in [-0.2, -0.15) is 0 Å². The highest BCUT2D eigenvalue weighted by Gasteiger charge is 2.39. The first-order chi connectivity index (χ1) is 8.72. The molecule has 0 radical (unpaired) electrons. The summed E-state index contributed by atoms with van der Waals surface area (Å²) in [6.45, 7) is 2.03. The molecule has 1 heterocycles. The monoisotopic (exact) mass is 237 g/mol. The second kappa shape index (κ2) is 4.05. The Morgan fingerprint density at radius 3 is 2.78 bits per heavy atom. The lowest BCUT2D eigenvalue weighted by Crippen LogP contribution is -2.37. The van der Waals surface area contributed by atoms with Crippen LogP contribution in [0.2, 0.25) is 0 Å². The molecule has 1 atom stereocenters. The van der Waals surface area contributed by atoms with Crippen molar-refractivity contribution in [1.29, 1.82) is 0 Å². The van der Waals surface area contributed by atoms with E-state index in [1.807, 2.05) is 43.5 Å². The van der Waals surface area contributed by atoms with Crippen LogP contribution in [0.25, 0.3) is 0 Å². The number of ketones is 1. The number of hydrogen-bond acceptors (Lipinski definition) is 2. The molecule has 90 valence electrons. The van der Waals surface area contributed by atoms with E-state index in [9.17, 15) is 4.79 Å². The first-order valence-corrected chi connectivity index (χ1v) is 6.25. The van der Waals surface area contributed by atoms with Crippen molar-refractivity contribution in [2.45, 2.75) is 25.2 Å². The lowest BCUT2D eigenvalue weighted by molar-refractivity contribution is 0.0875. The van der Waals surface area contributed by atoms with Gasteiger partial charge >= 0.3 is 0 Å². The molecule has 18 heavy (non-hydrogen) atoms. The van der Waals surface area contributed by atoms with E-state index in [1.165, 1.54) is 5.56 Å². The number of fused-ring (bicyclic) bond motifs is 1. The van der Waals surface area contributed by atoms with Crippen LogP contribution >= 0.6 is 0 Å². The topological polar surface area (TPSA) is 30.0 Å². The maximum absolute atomic E-state index is 12.7. The van der Waals surface area contributed by atoms with Gasteiger partial charge in [-0.15, -0.1) is 0 Å². The summed E-state index contributed by atoms with van der Waals surface area (Å²) in [6.07, 6.45) is 5.36. The molecule has 3 rings (SSSR count). The second-order valence-corrected chi connectivity index (χ2v) is 5.06. The molecule has 0 fully saturated rings. The molecule has 0 saturated carbocycles. The summed E-state index contributed by atoms with van der Waals surface area (Å²) in [5, 5.41) is 0. The minimum Gasteiger partial charge on any atom is -0.293 e. The largest absolute Gasteiger partial charge is 0.293 e. The maximum atomic E-state index is 12.7. The van der Waals surface area contributed by atoms with Crippen LogP contribution in [0.3, 0.4) is 0 Å². The minimum atomic E-state index is -0.428. The average molecular weight is 237 g/mol. The van der Waals surface area contributed by atoms with Gasteiger partial charge in [0.15, 0.2) is 5.78 Å². The van der Waals surface area contributed by atoms with Gasteiger partial charge in [0.25, 0.3) is 0 Å². The first-order valence-electron chi connectivity index (χ1n) is 6.25. The molecule has 2 aromatic rings. The van der Waals surface area contributed by atoms with E-state index in [0.29, 0.717) is 0 Å². The van der Waals surface area contributed by atoms with E-state index >= 15 is 0 Å². The number of aromatic nitrogens is 1. The van der Waals surface area contributed by atoms with Gasteiger partial charge in [-0.1, -0.05) is 30.3 Å². The summed E-state index contributed by atoms with van der Waals surface area (Å²) in [5.41, 5.74) is 2.63. The molecule has 0 saturated heterocycles. The van der Waals surface area contributed by atoms with Crippen LogP contribution in [0.1, 0.15) is 34.8 Å². The van der Waals surface area contributed by atoms with Crippen LogP contribution < -0.4 is 0 Å². The zero-order chi connectivity index (χ0) is 12.6. The van der Waals surface area contributed by atoms with Crippen LogP contribution in [0.5, 0.6) is 0 Å². The molecule has 1 aromatic heterocycles. The predicted molar refractivity (Wildman–Crippen MR) is 70.7 cm³/mol. The number of benzene rings is 1. The molecule has 0 bridgehead atoms. The third kappa shape index (κ3) is 1.57. The molecule has 0 N–H and O–H groups in total. The van der Waals surface area contributed by atoms with Crippen LogP contribution in [0.4, 0.5) is 0 Å². The number of hydrogen-bond donors (Lipinski definition) is 0. The Kier molecular flexibility index (Phi) is 2.51. The van der Waals surface area contributed by atoms with Crippen LogP contribution in [-0.2, 0) is 11.8 Å². The van der Waals surface area contributed by atoms with Crippen LogP contribution in [0.15, 0.2) is 48.8 Å². The molecule has 1 aliphatic carbocycles. The fourth-order valence-corrected chi connectivity index (χ4v) is 2.72. The summed E-state index contributed by atoms with van der Waals surface area (Å²) < 4.78 is 0. The molecule has 0 unspecified atom stereocenters. The number of aryl methyl sites for hydroxylation is 1. The molecule has 2 heteroatoms. The third-order valence-electron chi connectivity index (χ3n) is 3.96. The Hall–Kier alpha value is -1.96. The second-order valence-electron chi connectivity index (χ2n) is 5.06. The molecule has 2 nitrogen and oxygen atoms in total. The molecule has 0 amide bonds. The van der Waals surface area contributed by atoms with Gasteiger partial charge in [0.2, 0.25) is 0 Å². The Balaban J connectivity index is 2.10. The van der Waals surface area contributed by atoms with Crippen molar-refractivity contribution in [3.63, 3.8) is 0 Å². The highest BCUT2D eigenvalue weighted by atomic mass is 16.1. The predicted octanol–water partition coefficient (Wildman–Crippen LogP) is 3.17. The van der Waals surface area contributed by atoms with Crippen molar-refractivity contribution in [2.75, 3.05) is 0 Å². The fourth-order valence-electron chi connectivity index (χ4n) is 2.72. The molecule has 1 aromatic carbocycles. The molecule has 0 spiro atoms. The van der Waals surface area contributed by atoms with Crippen LogP contribution in [0, 0.1) is 0 Å². The number of pyridine rings is 1. The summed E-state index contributed by atoms with van der Waals surface area (Å²) in [5.74, 6) is 0.220. The zero-order valence-electron chi connectivity index (χ0n) is 10.4. The van der Waals surface area contributed by atoms with Gasteiger partial charge in [-0.25, -0.2) is 0 Å². The standard InChI is InChI=1S/C16H15NO/c1-16(13-6-4-10-17-11-13)9-8-12-5-2-3-7-14(12)15(16)18/h2-7,10-11H,8-9H2,1H3/t16-/m1/s1. The smallest absolute Gasteiger partial charge is 0.173 e. The molecule has 0 aliphatic heterocycles. The lowest BCUT2D eigenvalue weighted by Gasteiger charge is -2.33. The quantitative estimate of drug-likeness (QED) is 0.762.